The average Bonchev–Trinajstić information content (AvgIpc) is 2.52. The van der Waals surface area contributed by atoms with Crippen LogP contribution >= 0.6 is 28.3 Å². The van der Waals surface area contributed by atoms with Gasteiger partial charge in [-0.1, -0.05) is 19.1 Å². The fraction of sp³-hybridized carbons (Fsp3) is 0.588. The van der Waals surface area contributed by atoms with Crippen LogP contribution in [0.2, 0.25) is 0 Å². The number of para-hydroxylation sites is 1. The molecule has 0 radical (unpaired) electrons. The Hall–Kier alpha value is -0.780. The van der Waals surface area contributed by atoms with Gasteiger partial charge in [-0.05, 0) is 65.8 Å². The Bertz CT molecular complexity index is 493. The Balaban J connectivity index is 0.00000264. The summed E-state index contributed by atoms with van der Waals surface area (Å²) in [5.41, 5.74) is 0.242. The third-order valence-electron chi connectivity index (χ3n) is 4.17. The van der Waals surface area contributed by atoms with Gasteiger partial charge < -0.3 is 15.4 Å². The number of carbonyl (C=O) groups is 1. The lowest BCUT2D eigenvalue weighted by molar-refractivity contribution is -0.121. The van der Waals surface area contributed by atoms with Crippen LogP contribution < -0.4 is 15.4 Å². The van der Waals surface area contributed by atoms with Gasteiger partial charge in [0.1, 0.15) is 5.75 Å². The molecule has 0 atom stereocenters. The minimum absolute atomic E-state index is 0. The number of hydrogen-bond acceptors (Lipinski definition) is 3. The van der Waals surface area contributed by atoms with E-state index in [1.165, 1.54) is 0 Å². The smallest absolute Gasteiger partial charge is 0.220 e. The molecule has 1 aliphatic heterocycles. The van der Waals surface area contributed by atoms with Gasteiger partial charge in [0.05, 0.1) is 11.1 Å². The molecule has 2 N–H and O–H groups in total. The van der Waals surface area contributed by atoms with Gasteiger partial charge in [-0.2, -0.15) is 0 Å². The van der Waals surface area contributed by atoms with E-state index in [0.29, 0.717) is 13.0 Å². The van der Waals surface area contributed by atoms with Crippen molar-refractivity contribution in [2.24, 2.45) is 5.41 Å². The molecule has 1 aromatic rings. The van der Waals surface area contributed by atoms with Crippen molar-refractivity contribution in [2.75, 3.05) is 26.2 Å². The highest BCUT2D eigenvalue weighted by molar-refractivity contribution is 9.10. The molecule has 0 aromatic heterocycles. The average molecular weight is 406 g/mol. The van der Waals surface area contributed by atoms with Crippen LogP contribution in [-0.4, -0.2) is 32.1 Å². The van der Waals surface area contributed by atoms with E-state index in [1.807, 2.05) is 24.3 Å². The van der Waals surface area contributed by atoms with E-state index in [-0.39, 0.29) is 23.7 Å². The van der Waals surface area contributed by atoms with Crippen LogP contribution in [0.4, 0.5) is 0 Å². The van der Waals surface area contributed by atoms with Crippen molar-refractivity contribution in [3.8, 4) is 5.75 Å². The Morgan fingerprint density at radius 2 is 2.04 bits per heavy atom. The summed E-state index contributed by atoms with van der Waals surface area (Å²) in [6.07, 6.45) is 3.49. The molecule has 0 unspecified atom stereocenters. The molecule has 0 bridgehead atoms. The van der Waals surface area contributed by atoms with Crippen LogP contribution in [0, 0.1) is 5.41 Å². The maximum absolute atomic E-state index is 11.9. The SMILES string of the molecule is CC1(CNC(=O)CCCOc2ccccc2Br)CCNCC1.Cl. The third-order valence-corrected chi connectivity index (χ3v) is 4.82. The number of amides is 1. The van der Waals surface area contributed by atoms with Gasteiger partial charge in [-0.15, -0.1) is 12.4 Å². The number of carbonyl (C=O) groups excluding carboxylic acids is 1. The molecule has 6 heteroatoms. The predicted molar refractivity (Wildman–Crippen MR) is 99.3 cm³/mol. The molecule has 2 rings (SSSR count). The summed E-state index contributed by atoms with van der Waals surface area (Å²) in [4.78, 5) is 11.9. The van der Waals surface area contributed by atoms with Crippen LogP contribution in [0.1, 0.15) is 32.6 Å². The highest BCUT2D eigenvalue weighted by atomic mass is 79.9. The Morgan fingerprint density at radius 1 is 1.35 bits per heavy atom. The van der Waals surface area contributed by atoms with Gasteiger partial charge in [0, 0.05) is 13.0 Å². The largest absolute Gasteiger partial charge is 0.492 e. The van der Waals surface area contributed by atoms with Gasteiger partial charge in [-0.25, -0.2) is 0 Å². The number of ether oxygens (including phenoxy) is 1. The number of hydrogen-bond donors (Lipinski definition) is 2. The minimum Gasteiger partial charge on any atom is -0.492 e. The van der Waals surface area contributed by atoms with E-state index in [2.05, 4.69) is 33.5 Å². The second-order valence-corrected chi connectivity index (χ2v) is 7.07. The van der Waals surface area contributed by atoms with Crippen molar-refractivity contribution in [2.45, 2.75) is 32.6 Å². The van der Waals surface area contributed by atoms with Crippen molar-refractivity contribution in [1.29, 1.82) is 0 Å². The highest BCUT2D eigenvalue weighted by Gasteiger charge is 2.26. The maximum atomic E-state index is 11.9. The van der Waals surface area contributed by atoms with Crippen molar-refractivity contribution >= 4 is 34.2 Å². The zero-order chi connectivity index (χ0) is 15.8. The fourth-order valence-electron chi connectivity index (χ4n) is 2.58. The van der Waals surface area contributed by atoms with E-state index in [0.717, 1.165) is 49.1 Å². The minimum atomic E-state index is 0. The third kappa shape index (κ3) is 7.10. The first-order chi connectivity index (χ1) is 10.6. The second-order valence-electron chi connectivity index (χ2n) is 6.22. The molecule has 1 fully saturated rings. The molecule has 1 aromatic carbocycles. The topological polar surface area (TPSA) is 50.4 Å². The van der Waals surface area contributed by atoms with Crippen LogP contribution in [0.5, 0.6) is 5.75 Å². The van der Waals surface area contributed by atoms with Gasteiger partial charge in [-0.3, -0.25) is 4.79 Å². The van der Waals surface area contributed by atoms with Crippen LogP contribution in [0.25, 0.3) is 0 Å². The zero-order valence-corrected chi connectivity index (χ0v) is 16.0. The van der Waals surface area contributed by atoms with Gasteiger partial charge in [0.2, 0.25) is 5.91 Å². The van der Waals surface area contributed by atoms with Crippen LogP contribution in [-0.2, 0) is 4.79 Å². The van der Waals surface area contributed by atoms with Crippen molar-refractivity contribution in [1.82, 2.24) is 10.6 Å². The van der Waals surface area contributed by atoms with Crippen LogP contribution in [0.3, 0.4) is 0 Å². The molecule has 0 aliphatic carbocycles. The Kier molecular flexibility index (Phi) is 8.95. The normalized spacial score (nSPS) is 16.3. The first-order valence-electron chi connectivity index (χ1n) is 7.94. The van der Waals surface area contributed by atoms with E-state index in [4.69, 9.17) is 4.74 Å². The number of piperidine rings is 1. The number of rotatable bonds is 7. The second kappa shape index (κ2) is 10.2. The summed E-state index contributed by atoms with van der Waals surface area (Å²) in [6, 6.07) is 7.75. The maximum Gasteiger partial charge on any atom is 0.220 e. The monoisotopic (exact) mass is 404 g/mol. The lowest BCUT2D eigenvalue weighted by Crippen LogP contribution is -2.42. The first-order valence-corrected chi connectivity index (χ1v) is 8.73. The van der Waals surface area contributed by atoms with Gasteiger partial charge in [0.25, 0.3) is 0 Å². The summed E-state index contributed by atoms with van der Waals surface area (Å²) in [5, 5.41) is 6.43. The van der Waals surface area contributed by atoms with E-state index >= 15 is 0 Å². The molecule has 130 valence electrons. The fourth-order valence-corrected chi connectivity index (χ4v) is 2.98. The van der Waals surface area contributed by atoms with Crippen molar-refractivity contribution in [3.05, 3.63) is 28.7 Å². The molecule has 0 spiro atoms. The quantitative estimate of drug-likeness (QED) is 0.682. The van der Waals surface area contributed by atoms with E-state index in [9.17, 15) is 4.79 Å². The van der Waals surface area contributed by atoms with Crippen LogP contribution in [0.15, 0.2) is 28.7 Å². The molecule has 1 saturated heterocycles. The summed E-state index contributed by atoms with van der Waals surface area (Å²) in [6.45, 7) is 5.68. The number of benzene rings is 1. The predicted octanol–water partition coefficient (Wildman–Crippen LogP) is 3.54. The van der Waals surface area contributed by atoms with E-state index < -0.39 is 0 Å². The molecular formula is C17H26BrClN2O2. The summed E-state index contributed by atoms with van der Waals surface area (Å²) >= 11 is 3.44. The molecule has 0 saturated carbocycles. The van der Waals surface area contributed by atoms with Gasteiger partial charge in [0.15, 0.2) is 0 Å². The summed E-state index contributed by atoms with van der Waals surface area (Å²) < 4.78 is 6.61. The lowest BCUT2D eigenvalue weighted by Gasteiger charge is -2.34. The number of nitrogens with one attached hydrogen (secondary N) is 2. The summed E-state index contributed by atoms with van der Waals surface area (Å²) in [7, 11) is 0. The zero-order valence-electron chi connectivity index (χ0n) is 13.6. The number of halogens is 2. The van der Waals surface area contributed by atoms with E-state index in [1.54, 1.807) is 0 Å². The van der Waals surface area contributed by atoms with Gasteiger partial charge >= 0.3 is 0 Å². The Labute approximate surface area is 153 Å². The molecule has 1 heterocycles. The highest BCUT2D eigenvalue weighted by Crippen LogP contribution is 2.26. The van der Waals surface area contributed by atoms with Crippen molar-refractivity contribution < 1.29 is 9.53 Å². The standard InChI is InChI=1S/C17H25BrN2O2.ClH/c1-17(8-10-19-11-9-17)13-20-16(21)7-4-12-22-15-6-3-2-5-14(15)18;/h2-3,5-6,19H,4,7-13H2,1H3,(H,20,21);1H. The summed E-state index contributed by atoms with van der Waals surface area (Å²) in [5.74, 6) is 0.945. The molecule has 1 amide bonds. The van der Waals surface area contributed by atoms with Crippen molar-refractivity contribution in [3.63, 3.8) is 0 Å². The lowest BCUT2D eigenvalue weighted by atomic mass is 9.81. The molecule has 4 nitrogen and oxygen atoms in total. The Morgan fingerprint density at radius 3 is 2.74 bits per heavy atom. The molecule has 23 heavy (non-hydrogen) atoms. The molecular weight excluding hydrogens is 380 g/mol. The first kappa shape index (κ1) is 20.3. The molecule has 1 aliphatic rings.